The molecule has 0 aliphatic heterocycles. The first-order valence-electron chi connectivity index (χ1n) is 7.29. The number of rotatable bonds is 5. The summed E-state index contributed by atoms with van der Waals surface area (Å²) in [6, 6.07) is 0. The molecule has 0 atom stereocenters. The van der Waals surface area contributed by atoms with Gasteiger partial charge in [0.05, 0.1) is 12.3 Å². The number of hydrogen-bond donors (Lipinski definition) is 0. The van der Waals surface area contributed by atoms with Crippen LogP contribution in [0.4, 0.5) is 0 Å². The van der Waals surface area contributed by atoms with Gasteiger partial charge >= 0.3 is 0 Å². The molecule has 0 fully saturated rings. The van der Waals surface area contributed by atoms with Crippen molar-refractivity contribution in [2.45, 2.75) is 25.7 Å². The Morgan fingerprint density at radius 3 is 2.00 bits per heavy atom. The Balaban J connectivity index is 5.34. The van der Waals surface area contributed by atoms with Crippen LogP contribution in [-0.2, 0) is 14.2 Å². The van der Waals surface area contributed by atoms with Crippen LogP contribution in [0.1, 0.15) is 32.1 Å². The van der Waals surface area contributed by atoms with Crippen molar-refractivity contribution in [2.24, 2.45) is 0 Å². The third-order valence-electron chi connectivity index (χ3n) is 1.02. The molecule has 10 heavy (non-hydrogen) atoms. The minimum absolute atomic E-state index is 0.183. The number of ether oxygens (including phenoxy) is 3. The lowest BCUT2D eigenvalue weighted by Gasteiger charge is -2.27. The topological polar surface area (TPSA) is 27.7 Å². The van der Waals surface area contributed by atoms with Gasteiger partial charge in [-0.3, -0.25) is 0 Å². The highest BCUT2D eigenvalue weighted by Gasteiger charge is 2.27. The molecule has 0 bridgehead atoms. The summed E-state index contributed by atoms with van der Waals surface area (Å²) >= 11 is 0. The molecule has 0 aliphatic rings. The summed E-state index contributed by atoms with van der Waals surface area (Å²) in [6.07, 6.45) is -0.190. The van der Waals surface area contributed by atoms with Gasteiger partial charge in [-0.2, -0.15) is 0 Å². The molecule has 0 N–H and O–H groups in total. The van der Waals surface area contributed by atoms with E-state index in [1.54, 1.807) is 6.92 Å². The first-order valence-corrected chi connectivity index (χ1v) is 2.79. The Labute approximate surface area is 74.9 Å². The summed E-state index contributed by atoms with van der Waals surface area (Å²) in [5, 5.41) is 0. The minimum atomic E-state index is -3.08. The summed E-state index contributed by atoms with van der Waals surface area (Å²) in [6.45, 7) is 1.56. The predicted molar refractivity (Wildman–Crippen MR) is 38.7 cm³/mol. The van der Waals surface area contributed by atoms with E-state index in [1.807, 2.05) is 0 Å². The third kappa shape index (κ3) is 2.25. The second-order valence-corrected chi connectivity index (χ2v) is 1.74. The van der Waals surface area contributed by atoms with Gasteiger partial charge in [-0.1, -0.05) is 6.92 Å². The summed E-state index contributed by atoms with van der Waals surface area (Å²) < 4.78 is 76.0. The van der Waals surface area contributed by atoms with Crippen LogP contribution < -0.4 is 0 Å². The fraction of sp³-hybridized carbons (Fsp3) is 1.00. The van der Waals surface area contributed by atoms with E-state index < -0.39 is 27.1 Å². The molecule has 0 spiro atoms. The second kappa shape index (κ2) is 4.66. The summed E-state index contributed by atoms with van der Waals surface area (Å²) in [5.41, 5.74) is 0. The van der Waals surface area contributed by atoms with Crippen LogP contribution in [0, 0.1) is 0 Å². The molecule has 0 saturated heterocycles. The van der Waals surface area contributed by atoms with E-state index in [1.165, 1.54) is 0 Å². The first-order chi connectivity index (χ1) is 8.18. The monoisotopic (exact) mass is 157 g/mol. The van der Waals surface area contributed by atoms with Gasteiger partial charge in [0.25, 0.3) is 5.97 Å². The van der Waals surface area contributed by atoms with E-state index in [4.69, 9.17) is 12.3 Å². The van der Waals surface area contributed by atoms with Gasteiger partial charge in [-0.15, -0.1) is 0 Å². The maximum Gasteiger partial charge on any atom is 0.282 e. The maximum atomic E-state index is 6.97. The molecule has 0 heterocycles. The van der Waals surface area contributed by atoms with E-state index >= 15 is 0 Å². The Morgan fingerprint density at radius 1 is 1.20 bits per heavy atom. The summed E-state index contributed by atoms with van der Waals surface area (Å²) in [4.78, 5) is 0. The van der Waals surface area contributed by atoms with Crippen LogP contribution in [-0.4, -0.2) is 27.1 Å². The zero-order valence-corrected chi connectivity index (χ0v) is 5.64. The smallest absolute Gasteiger partial charge is 0.282 e. The summed E-state index contributed by atoms with van der Waals surface area (Å²) in [5.74, 6) is -2.68. The van der Waals surface area contributed by atoms with Crippen molar-refractivity contribution in [2.75, 3.05) is 21.1 Å². The lowest BCUT2D eigenvalue weighted by molar-refractivity contribution is -0.355. The quantitative estimate of drug-likeness (QED) is 0.564. The van der Waals surface area contributed by atoms with E-state index in [2.05, 4.69) is 14.2 Å². The SMILES string of the molecule is [2H]C([2H])([2H])OC(CCC)(OC([2H])([2H])[2H])OC([2H])([2H])[2H]. The van der Waals surface area contributed by atoms with Crippen LogP contribution in [0.5, 0.6) is 0 Å². The molecule has 3 nitrogen and oxygen atoms in total. The van der Waals surface area contributed by atoms with Crippen LogP contribution in [0.25, 0.3) is 0 Å². The van der Waals surface area contributed by atoms with Crippen LogP contribution in [0.15, 0.2) is 0 Å². The van der Waals surface area contributed by atoms with Gasteiger partial charge in [0.2, 0.25) is 0 Å². The third-order valence-corrected chi connectivity index (χ3v) is 1.02. The lowest BCUT2D eigenvalue weighted by atomic mass is 10.3. The molecule has 0 amide bonds. The first kappa shape index (κ1) is 2.44. The van der Waals surface area contributed by atoms with Crippen molar-refractivity contribution in [3.05, 3.63) is 0 Å². The van der Waals surface area contributed by atoms with Gasteiger partial charge in [0, 0.05) is 27.5 Å². The molecule has 0 aromatic heterocycles. The number of hydrogen-bond acceptors (Lipinski definition) is 3. The standard InChI is InChI=1S/C7H16O3/c1-5-6-7(8-2,9-3)10-4/h5-6H2,1-4H3/i2D3,3D3,4D3. The zero-order chi connectivity index (χ0) is 15.5. The van der Waals surface area contributed by atoms with E-state index in [-0.39, 0.29) is 12.8 Å². The second-order valence-electron chi connectivity index (χ2n) is 1.74. The normalized spacial score (nSPS) is 29.1. The van der Waals surface area contributed by atoms with E-state index in [9.17, 15) is 0 Å². The van der Waals surface area contributed by atoms with Gasteiger partial charge in [-0.25, -0.2) is 0 Å². The molecule has 0 unspecified atom stereocenters. The highest BCUT2D eigenvalue weighted by atomic mass is 16.9. The Bertz CT molecular complexity index is 238. The molecular weight excluding hydrogens is 132 g/mol. The molecule has 0 saturated carbocycles. The molecule has 62 valence electrons. The average molecular weight is 157 g/mol. The Morgan fingerprint density at radius 2 is 1.70 bits per heavy atom. The molecule has 0 rings (SSSR count). The van der Waals surface area contributed by atoms with Crippen LogP contribution in [0.3, 0.4) is 0 Å². The van der Waals surface area contributed by atoms with Crippen molar-refractivity contribution < 1.29 is 26.5 Å². The highest BCUT2D eigenvalue weighted by Crippen LogP contribution is 2.18. The van der Waals surface area contributed by atoms with Crippen molar-refractivity contribution in [3.8, 4) is 0 Å². The van der Waals surface area contributed by atoms with Gasteiger partial charge in [0.1, 0.15) is 0 Å². The van der Waals surface area contributed by atoms with E-state index in [0.29, 0.717) is 0 Å². The lowest BCUT2D eigenvalue weighted by Crippen LogP contribution is -2.35. The van der Waals surface area contributed by atoms with Crippen LogP contribution >= 0.6 is 0 Å². The maximum absolute atomic E-state index is 6.97. The van der Waals surface area contributed by atoms with Crippen molar-refractivity contribution in [1.82, 2.24) is 0 Å². The predicted octanol–water partition coefficient (Wildman–Crippen LogP) is 1.38. The fourth-order valence-electron chi connectivity index (χ4n) is 0.522. The molecular formula is C7H16O3. The largest absolute Gasteiger partial charge is 0.331 e. The van der Waals surface area contributed by atoms with Gasteiger partial charge in [-0.05, 0) is 6.42 Å². The number of methoxy groups -OCH3 is 3. The highest BCUT2D eigenvalue weighted by molar-refractivity contribution is 4.52. The van der Waals surface area contributed by atoms with Gasteiger partial charge in [0.15, 0.2) is 0 Å². The fourth-order valence-corrected chi connectivity index (χ4v) is 0.522. The molecule has 0 radical (unpaired) electrons. The molecule has 0 aliphatic carbocycles. The van der Waals surface area contributed by atoms with Crippen molar-refractivity contribution >= 4 is 0 Å². The van der Waals surface area contributed by atoms with Crippen LogP contribution in [0.2, 0.25) is 0 Å². The Kier molecular flexibility index (Phi) is 1.14. The van der Waals surface area contributed by atoms with E-state index in [0.717, 1.165) is 0 Å². The Hall–Kier alpha value is -0.120. The molecule has 3 heteroatoms. The molecule has 0 aromatic rings. The average Bonchev–Trinajstić information content (AvgIpc) is 1.90. The zero-order valence-electron chi connectivity index (χ0n) is 14.6. The minimum Gasteiger partial charge on any atom is -0.331 e. The van der Waals surface area contributed by atoms with Gasteiger partial charge < -0.3 is 14.2 Å². The van der Waals surface area contributed by atoms with Crippen molar-refractivity contribution in [1.29, 1.82) is 0 Å². The molecule has 0 aromatic carbocycles. The van der Waals surface area contributed by atoms with Crippen molar-refractivity contribution in [3.63, 3.8) is 0 Å². The summed E-state index contributed by atoms with van der Waals surface area (Å²) in [7, 11) is -9.23.